The highest BCUT2D eigenvalue weighted by atomic mass is 16.5. The normalized spacial score (nSPS) is 15.1. The molecule has 0 amide bonds. The fourth-order valence-corrected chi connectivity index (χ4v) is 3.22. The lowest BCUT2D eigenvalue weighted by Gasteiger charge is -2.23. The van der Waals surface area contributed by atoms with E-state index in [1.54, 1.807) is 7.11 Å². The molecule has 1 aliphatic rings. The van der Waals surface area contributed by atoms with Gasteiger partial charge in [-0.25, -0.2) is 9.97 Å². The first-order valence-corrected chi connectivity index (χ1v) is 9.29. The van der Waals surface area contributed by atoms with E-state index in [-0.39, 0.29) is 0 Å². The number of hydrogen-bond donors (Lipinski definition) is 2. The molecule has 0 spiro atoms. The third-order valence-corrected chi connectivity index (χ3v) is 4.55. The number of nitrogens with one attached hydrogen (secondary N) is 2. The van der Waals surface area contributed by atoms with E-state index < -0.39 is 0 Å². The van der Waals surface area contributed by atoms with E-state index in [9.17, 15) is 0 Å². The van der Waals surface area contributed by atoms with Crippen LogP contribution < -0.4 is 10.6 Å². The van der Waals surface area contributed by atoms with Crippen LogP contribution in [0.25, 0.3) is 11.4 Å². The van der Waals surface area contributed by atoms with Crippen molar-refractivity contribution in [3.05, 3.63) is 36.4 Å². The molecule has 1 aromatic carbocycles. The number of anilines is 2. The van der Waals surface area contributed by atoms with Crippen molar-refractivity contribution in [2.24, 2.45) is 0 Å². The third-order valence-electron chi connectivity index (χ3n) is 4.55. The molecule has 5 nitrogen and oxygen atoms in total. The fraction of sp³-hybridized carbons (Fsp3) is 0.500. The van der Waals surface area contributed by atoms with Crippen LogP contribution in [0.2, 0.25) is 0 Å². The maximum Gasteiger partial charge on any atom is 0.163 e. The second kappa shape index (κ2) is 9.37. The molecule has 2 aromatic rings. The number of ether oxygens (including phenoxy) is 1. The van der Waals surface area contributed by atoms with Crippen molar-refractivity contribution in [3.8, 4) is 11.4 Å². The zero-order chi connectivity index (χ0) is 17.3. The summed E-state index contributed by atoms with van der Waals surface area (Å²) in [5.41, 5.74) is 1.04. The summed E-state index contributed by atoms with van der Waals surface area (Å²) >= 11 is 0. The first-order chi connectivity index (χ1) is 12.3. The van der Waals surface area contributed by atoms with Gasteiger partial charge in [-0.2, -0.15) is 0 Å². The molecule has 0 radical (unpaired) electrons. The molecule has 1 aliphatic carbocycles. The van der Waals surface area contributed by atoms with Crippen molar-refractivity contribution in [1.29, 1.82) is 0 Å². The molecule has 0 bridgehead atoms. The molecule has 1 fully saturated rings. The molecular formula is C20H28N4O. The van der Waals surface area contributed by atoms with Gasteiger partial charge in [0.15, 0.2) is 5.82 Å². The van der Waals surface area contributed by atoms with Crippen LogP contribution in [0.3, 0.4) is 0 Å². The molecule has 134 valence electrons. The summed E-state index contributed by atoms with van der Waals surface area (Å²) in [4.78, 5) is 9.45. The van der Waals surface area contributed by atoms with E-state index in [1.165, 1.54) is 32.1 Å². The minimum atomic E-state index is 0.522. The molecule has 1 heterocycles. The van der Waals surface area contributed by atoms with Gasteiger partial charge in [-0.1, -0.05) is 49.6 Å². The topological polar surface area (TPSA) is 59.1 Å². The molecular weight excluding hydrogens is 312 g/mol. The van der Waals surface area contributed by atoms with Gasteiger partial charge in [-0.3, -0.25) is 0 Å². The number of aromatic nitrogens is 2. The Bertz CT molecular complexity index is 641. The molecule has 2 N–H and O–H groups in total. The molecule has 1 saturated carbocycles. The molecule has 0 saturated heterocycles. The van der Waals surface area contributed by atoms with Crippen LogP contribution in [0, 0.1) is 0 Å². The molecule has 25 heavy (non-hydrogen) atoms. The van der Waals surface area contributed by atoms with Gasteiger partial charge in [0.2, 0.25) is 0 Å². The Labute approximate surface area is 150 Å². The highest BCUT2D eigenvalue weighted by molar-refractivity contribution is 5.61. The van der Waals surface area contributed by atoms with Gasteiger partial charge in [0, 0.05) is 37.9 Å². The third kappa shape index (κ3) is 5.43. The second-order valence-corrected chi connectivity index (χ2v) is 6.58. The van der Waals surface area contributed by atoms with E-state index in [2.05, 4.69) is 22.8 Å². The summed E-state index contributed by atoms with van der Waals surface area (Å²) in [5, 5.41) is 7.01. The molecule has 0 aliphatic heterocycles. The van der Waals surface area contributed by atoms with Crippen molar-refractivity contribution in [3.63, 3.8) is 0 Å². The fourth-order valence-electron chi connectivity index (χ4n) is 3.22. The second-order valence-electron chi connectivity index (χ2n) is 6.58. The predicted octanol–water partition coefficient (Wildman–Crippen LogP) is 4.34. The zero-order valence-corrected chi connectivity index (χ0v) is 15.0. The number of benzene rings is 1. The lowest BCUT2D eigenvalue weighted by molar-refractivity contribution is 0.198. The summed E-state index contributed by atoms with van der Waals surface area (Å²) in [6.07, 6.45) is 7.35. The highest BCUT2D eigenvalue weighted by Crippen LogP contribution is 2.24. The van der Waals surface area contributed by atoms with E-state index in [0.717, 1.165) is 42.6 Å². The Balaban J connectivity index is 1.77. The smallest absolute Gasteiger partial charge is 0.163 e. The summed E-state index contributed by atoms with van der Waals surface area (Å²) in [6.45, 7) is 1.58. The number of methoxy groups -OCH3 is 1. The van der Waals surface area contributed by atoms with Gasteiger partial charge in [0.25, 0.3) is 0 Å². The van der Waals surface area contributed by atoms with Crippen molar-refractivity contribution >= 4 is 11.6 Å². The molecule has 3 rings (SSSR count). The Kier molecular flexibility index (Phi) is 6.63. The molecule has 5 heteroatoms. The Morgan fingerprint density at radius 1 is 1.04 bits per heavy atom. The van der Waals surface area contributed by atoms with Crippen molar-refractivity contribution < 1.29 is 4.74 Å². The van der Waals surface area contributed by atoms with Crippen LogP contribution in [0.1, 0.15) is 38.5 Å². The summed E-state index contributed by atoms with van der Waals surface area (Å²) in [6, 6.07) is 12.7. The monoisotopic (exact) mass is 340 g/mol. The van der Waals surface area contributed by atoms with E-state index in [4.69, 9.17) is 14.7 Å². The number of hydrogen-bond acceptors (Lipinski definition) is 5. The average molecular weight is 340 g/mol. The Hall–Kier alpha value is -2.14. The van der Waals surface area contributed by atoms with Crippen LogP contribution in [0.5, 0.6) is 0 Å². The highest BCUT2D eigenvalue weighted by Gasteiger charge is 2.15. The van der Waals surface area contributed by atoms with Gasteiger partial charge >= 0.3 is 0 Å². The summed E-state index contributed by atoms with van der Waals surface area (Å²) < 4.78 is 5.11. The lowest BCUT2D eigenvalue weighted by Crippen LogP contribution is -2.23. The van der Waals surface area contributed by atoms with E-state index >= 15 is 0 Å². The van der Waals surface area contributed by atoms with E-state index in [1.807, 2.05) is 24.3 Å². The molecule has 0 unspecified atom stereocenters. The summed E-state index contributed by atoms with van der Waals surface area (Å²) in [5.74, 6) is 2.54. The maximum absolute atomic E-state index is 5.11. The quantitative estimate of drug-likeness (QED) is 0.700. The minimum absolute atomic E-state index is 0.522. The van der Waals surface area contributed by atoms with Crippen LogP contribution in [-0.4, -0.2) is 36.3 Å². The molecule has 0 atom stereocenters. The SMILES string of the molecule is COCCCNc1cc(NC2CCCCC2)nc(-c2ccccc2)n1. The van der Waals surface area contributed by atoms with Gasteiger partial charge < -0.3 is 15.4 Å². The Morgan fingerprint density at radius 2 is 1.80 bits per heavy atom. The minimum Gasteiger partial charge on any atom is -0.385 e. The van der Waals surface area contributed by atoms with Crippen LogP contribution in [0.4, 0.5) is 11.6 Å². The van der Waals surface area contributed by atoms with Crippen molar-refractivity contribution in [2.45, 2.75) is 44.6 Å². The van der Waals surface area contributed by atoms with Crippen LogP contribution in [0.15, 0.2) is 36.4 Å². The molecule has 1 aromatic heterocycles. The van der Waals surface area contributed by atoms with Gasteiger partial charge in [0.1, 0.15) is 11.6 Å². The number of rotatable bonds is 8. The van der Waals surface area contributed by atoms with Crippen molar-refractivity contribution in [1.82, 2.24) is 9.97 Å². The van der Waals surface area contributed by atoms with E-state index in [0.29, 0.717) is 6.04 Å². The van der Waals surface area contributed by atoms with Crippen molar-refractivity contribution in [2.75, 3.05) is 30.9 Å². The lowest BCUT2D eigenvalue weighted by atomic mass is 9.95. The van der Waals surface area contributed by atoms with Gasteiger partial charge in [-0.05, 0) is 19.3 Å². The Morgan fingerprint density at radius 3 is 2.56 bits per heavy atom. The zero-order valence-electron chi connectivity index (χ0n) is 15.0. The van der Waals surface area contributed by atoms with Crippen LogP contribution >= 0.6 is 0 Å². The maximum atomic E-state index is 5.11. The average Bonchev–Trinajstić information content (AvgIpc) is 2.67. The van der Waals surface area contributed by atoms with Gasteiger partial charge in [0.05, 0.1) is 0 Å². The first kappa shape index (κ1) is 17.7. The first-order valence-electron chi connectivity index (χ1n) is 9.29. The number of nitrogens with zero attached hydrogens (tertiary/aromatic N) is 2. The largest absolute Gasteiger partial charge is 0.385 e. The standard InChI is InChI=1S/C20H28N4O/c1-25-14-8-13-21-18-15-19(22-17-11-6-3-7-12-17)24-20(23-18)16-9-4-2-5-10-16/h2,4-5,9-10,15,17H,3,6-8,11-14H2,1H3,(H2,21,22,23,24). The summed E-state index contributed by atoms with van der Waals surface area (Å²) in [7, 11) is 1.73. The van der Waals surface area contributed by atoms with Crippen LogP contribution in [-0.2, 0) is 4.74 Å². The van der Waals surface area contributed by atoms with Gasteiger partial charge in [-0.15, -0.1) is 0 Å². The predicted molar refractivity (Wildman–Crippen MR) is 103 cm³/mol.